The molecule has 0 unspecified atom stereocenters. The van der Waals surface area contributed by atoms with Crippen LogP contribution in [0.2, 0.25) is 0 Å². The minimum atomic E-state index is 1.19. The van der Waals surface area contributed by atoms with Gasteiger partial charge in [0, 0.05) is 11.9 Å². The second-order valence-electron chi connectivity index (χ2n) is 4.81. The molecule has 0 aromatic heterocycles. The molecule has 2 aromatic rings. The topological polar surface area (TPSA) is 15.8 Å². The van der Waals surface area contributed by atoms with Crippen LogP contribution in [-0.4, -0.2) is 4.98 Å². The van der Waals surface area contributed by atoms with E-state index in [-0.39, 0.29) is 0 Å². The van der Waals surface area contributed by atoms with E-state index in [4.69, 9.17) is 0 Å². The van der Waals surface area contributed by atoms with Crippen molar-refractivity contribution in [1.29, 1.82) is 0 Å². The van der Waals surface area contributed by atoms with Gasteiger partial charge in [-0.3, -0.25) is 0 Å². The molecule has 0 atom stereocenters. The quantitative estimate of drug-likeness (QED) is 0.487. The highest BCUT2D eigenvalue weighted by Gasteiger charge is 2.09. The maximum Gasteiger partial charge on any atom is 0.0459 e. The molecule has 0 amide bonds. The van der Waals surface area contributed by atoms with Crippen molar-refractivity contribution >= 4 is 10.8 Å². The molecule has 1 heterocycles. The van der Waals surface area contributed by atoms with Crippen molar-refractivity contribution in [1.82, 2.24) is 4.98 Å². The first-order valence-corrected chi connectivity index (χ1v) is 6.47. The van der Waals surface area contributed by atoms with Gasteiger partial charge in [-0.15, -0.1) is 0 Å². The van der Waals surface area contributed by atoms with E-state index >= 15 is 0 Å². The first-order valence-electron chi connectivity index (χ1n) is 6.47. The van der Waals surface area contributed by atoms with Gasteiger partial charge < -0.3 is 4.98 Å². The summed E-state index contributed by atoms with van der Waals surface area (Å²) < 4.78 is 0. The third-order valence-electron chi connectivity index (χ3n) is 3.63. The molecular weight excluding hydrogens is 230 g/mol. The highest BCUT2D eigenvalue weighted by Crippen LogP contribution is 2.34. The fraction of sp³-hybridized carbons (Fsp3) is 0. The summed E-state index contributed by atoms with van der Waals surface area (Å²) in [7, 11) is 0. The molecule has 0 spiro atoms. The molecule has 90 valence electrons. The summed E-state index contributed by atoms with van der Waals surface area (Å²) in [5.74, 6) is 0. The van der Waals surface area contributed by atoms with Crippen LogP contribution in [0.25, 0.3) is 33.2 Å². The number of nitrogens with one attached hydrogen (secondary N) is 1. The number of hydrogen-bond acceptors (Lipinski definition) is 0. The van der Waals surface area contributed by atoms with Crippen LogP contribution in [0, 0.1) is 0 Å². The van der Waals surface area contributed by atoms with Crippen molar-refractivity contribution in [3.05, 3.63) is 72.9 Å². The van der Waals surface area contributed by atoms with Crippen molar-refractivity contribution in [2.75, 3.05) is 0 Å². The first-order chi connectivity index (χ1) is 9.42. The zero-order chi connectivity index (χ0) is 12.7. The maximum absolute atomic E-state index is 3.29. The summed E-state index contributed by atoms with van der Waals surface area (Å²) in [5.41, 5.74) is 5.01. The average molecular weight is 243 g/mol. The standard InChI is InChI=1S/C18H13N/c1-2-8-16-13(5-1)6-3-9-17(16)15-11-14-7-4-10-19-18(14)12-15/h1-12,19H. The van der Waals surface area contributed by atoms with Gasteiger partial charge in [0.05, 0.1) is 0 Å². The molecule has 0 bridgehead atoms. The molecule has 0 saturated carbocycles. The highest BCUT2D eigenvalue weighted by atomic mass is 14.7. The third-order valence-corrected chi connectivity index (χ3v) is 3.63. The molecule has 0 radical (unpaired) electrons. The lowest BCUT2D eigenvalue weighted by molar-refractivity contribution is 1.34. The molecule has 1 nitrogen and oxygen atoms in total. The molecule has 0 fully saturated rings. The van der Waals surface area contributed by atoms with Gasteiger partial charge in [-0.2, -0.15) is 0 Å². The molecule has 19 heavy (non-hydrogen) atoms. The summed E-state index contributed by atoms with van der Waals surface area (Å²) in [4.78, 5) is 3.29. The molecule has 1 aliphatic heterocycles. The smallest absolute Gasteiger partial charge is 0.0459 e. The van der Waals surface area contributed by atoms with E-state index < -0.39 is 0 Å². The number of benzene rings is 2. The van der Waals surface area contributed by atoms with E-state index in [1.807, 2.05) is 12.3 Å². The van der Waals surface area contributed by atoms with Gasteiger partial charge in [0.25, 0.3) is 0 Å². The Balaban J connectivity index is 2.02. The zero-order valence-electron chi connectivity index (χ0n) is 10.4. The Hall–Kier alpha value is -2.54. The third kappa shape index (κ3) is 1.63. The minimum absolute atomic E-state index is 1.19. The Kier molecular flexibility index (Phi) is 2.18. The van der Waals surface area contributed by atoms with Gasteiger partial charge in [-0.05, 0) is 45.7 Å². The second-order valence-corrected chi connectivity index (χ2v) is 4.81. The first kappa shape index (κ1) is 10.4. The Morgan fingerprint density at radius 2 is 1.58 bits per heavy atom. The fourth-order valence-corrected chi connectivity index (χ4v) is 2.71. The Labute approximate surface area is 111 Å². The van der Waals surface area contributed by atoms with Gasteiger partial charge in [0.15, 0.2) is 0 Å². The lowest BCUT2D eigenvalue weighted by Gasteiger charge is -2.04. The SMILES string of the molecule is c1c[nH]c2cc(-c3cccc4ccccc34)cc-2c1. The van der Waals surface area contributed by atoms with E-state index in [1.54, 1.807) is 0 Å². The molecule has 2 aliphatic rings. The number of aromatic amines is 1. The lowest BCUT2D eigenvalue weighted by Crippen LogP contribution is -1.77. The van der Waals surface area contributed by atoms with Crippen molar-refractivity contribution < 1.29 is 0 Å². The number of pyridine rings is 1. The van der Waals surface area contributed by atoms with E-state index in [9.17, 15) is 0 Å². The van der Waals surface area contributed by atoms with Gasteiger partial charge in [0.1, 0.15) is 0 Å². The number of fused-ring (bicyclic) bond motifs is 2. The Morgan fingerprint density at radius 3 is 2.53 bits per heavy atom. The summed E-state index contributed by atoms with van der Waals surface area (Å²) in [6.07, 6.45) is 1.97. The minimum Gasteiger partial charge on any atom is -0.361 e. The summed E-state index contributed by atoms with van der Waals surface area (Å²) in [5, 5.41) is 2.59. The summed E-state index contributed by atoms with van der Waals surface area (Å²) in [6.45, 7) is 0. The van der Waals surface area contributed by atoms with Crippen LogP contribution < -0.4 is 0 Å². The molecule has 1 heteroatoms. The van der Waals surface area contributed by atoms with E-state index in [0.717, 1.165) is 0 Å². The van der Waals surface area contributed by atoms with E-state index in [1.165, 1.54) is 33.2 Å². The number of hydrogen-bond donors (Lipinski definition) is 1. The van der Waals surface area contributed by atoms with Crippen LogP contribution >= 0.6 is 0 Å². The Morgan fingerprint density at radius 1 is 0.684 bits per heavy atom. The molecule has 0 saturated heterocycles. The van der Waals surface area contributed by atoms with Crippen LogP contribution in [0.5, 0.6) is 0 Å². The fourth-order valence-electron chi connectivity index (χ4n) is 2.71. The van der Waals surface area contributed by atoms with Crippen LogP contribution in [0.1, 0.15) is 0 Å². The highest BCUT2D eigenvalue weighted by molar-refractivity contribution is 5.98. The van der Waals surface area contributed by atoms with E-state index in [0.29, 0.717) is 0 Å². The Bertz CT molecular complexity index is 791. The summed E-state index contributed by atoms with van der Waals surface area (Å²) in [6, 6.07) is 23.6. The second kappa shape index (κ2) is 3.99. The van der Waals surface area contributed by atoms with E-state index in [2.05, 4.69) is 65.6 Å². The monoisotopic (exact) mass is 243 g/mol. The van der Waals surface area contributed by atoms with Crippen LogP contribution in [0.3, 0.4) is 0 Å². The summed E-state index contributed by atoms with van der Waals surface area (Å²) >= 11 is 0. The zero-order valence-corrected chi connectivity index (χ0v) is 10.4. The van der Waals surface area contributed by atoms with Gasteiger partial charge >= 0.3 is 0 Å². The molecule has 4 rings (SSSR count). The largest absolute Gasteiger partial charge is 0.361 e. The van der Waals surface area contributed by atoms with Crippen molar-refractivity contribution in [2.24, 2.45) is 0 Å². The predicted molar refractivity (Wildman–Crippen MR) is 80.4 cm³/mol. The number of aromatic nitrogens is 1. The van der Waals surface area contributed by atoms with Crippen LogP contribution in [-0.2, 0) is 0 Å². The number of H-pyrrole nitrogens is 1. The molecular formula is C18H13N. The van der Waals surface area contributed by atoms with Gasteiger partial charge in [-0.25, -0.2) is 0 Å². The van der Waals surface area contributed by atoms with Crippen LogP contribution in [0.15, 0.2) is 72.9 Å². The van der Waals surface area contributed by atoms with Gasteiger partial charge in [0.2, 0.25) is 0 Å². The average Bonchev–Trinajstić information content (AvgIpc) is 2.90. The maximum atomic E-state index is 3.29. The molecule has 2 aromatic carbocycles. The van der Waals surface area contributed by atoms with Crippen molar-refractivity contribution in [2.45, 2.75) is 0 Å². The van der Waals surface area contributed by atoms with Gasteiger partial charge in [-0.1, -0.05) is 48.5 Å². The molecule has 1 N–H and O–H groups in total. The molecule has 1 aliphatic carbocycles. The van der Waals surface area contributed by atoms with Crippen molar-refractivity contribution in [3.8, 4) is 22.4 Å². The normalized spacial score (nSPS) is 11.2. The number of rotatable bonds is 1. The lowest BCUT2D eigenvalue weighted by atomic mass is 10.0. The van der Waals surface area contributed by atoms with Crippen molar-refractivity contribution in [3.63, 3.8) is 0 Å². The predicted octanol–water partition coefficient (Wildman–Crippen LogP) is 4.94. The van der Waals surface area contributed by atoms with Crippen LogP contribution in [0.4, 0.5) is 0 Å².